The van der Waals surface area contributed by atoms with E-state index < -0.39 is 0 Å². The highest BCUT2D eigenvalue weighted by molar-refractivity contribution is 9.10. The van der Waals surface area contributed by atoms with Crippen molar-refractivity contribution in [2.75, 3.05) is 7.11 Å². The van der Waals surface area contributed by atoms with E-state index in [1.165, 1.54) is 11.1 Å². The number of methoxy groups -OCH3 is 1. The van der Waals surface area contributed by atoms with E-state index in [-0.39, 0.29) is 0 Å². The number of hydrogen-bond donors (Lipinski definition) is 0. The molecular weight excluding hydrogens is 304 g/mol. The molecule has 100 valence electrons. The monoisotopic (exact) mass is 320 g/mol. The Bertz CT molecular complexity index is 535. The van der Waals surface area contributed by atoms with Crippen LogP contribution in [-0.4, -0.2) is 7.11 Å². The summed E-state index contributed by atoms with van der Waals surface area (Å²) in [6.45, 7) is 3.32. The third kappa shape index (κ3) is 3.82. The largest absolute Gasteiger partial charge is 0.497 e. The predicted molar refractivity (Wildman–Crippen MR) is 80.4 cm³/mol. The van der Waals surface area contributed by atoms with Gasteiger partial charge in [-0.05, 0) is 41.8 Å². The van der Waals surface area contributed by atoms with E-state index in [4.69, 9.17) is 9.47 Å². The van der Waals surface area contributed by atoms with Crippen LogP contribution in [0.3, 0.4) is 0 Å². The number of benzene rings is 2. The van der Waals surface area contributed by atoms with Gasteiger partial charge >= 0.3 is 0 Å². The predicted octanol–water partition coefficient (Wildman–Crippen LogP) is 4.48. The fourth-order valence-corrected chi connectivity index (χ4v) is 2.22. The van der Waals surface area contributed by atoms with Gasteiger partial charge in [0, 0.05) is 4.47 Å². The zero-order valence-corrected chi connectivity index (χ0v) is 12.7. The number of rotatable bonds is 5. The van der Waals surface area contributed by atoms with Crippen molar-refractivity contribution in [3.05, 3.63) is 63.6 Å². The summed E-state index contributed by atoms with van der Waals surface area (Å²) in [5.41, 5.74) is 3.59. The molecule has 0 unspecified atom stereocenters. The van der Waals surface area contributed by atoms with Crippen LogP contribution in [0.1, 0.15) is 16.7 Å². The maximum atomic E-state index is 5.75. The van der Waals surface area contributed by atoms with Crippen LogP contribution in [0.25, 0.3) is 0 Å². The molecule has 0 amide bonds. The highest BCUT2D eigenvalue weighted by Crippen LogP contribution is 2.20. The van der Waals surface area contributed by atoms with Gasteiger partial charge in [0.05, 0.1) is 20.3 Å². The molecule has 19 heavy (non-hydrogen) atoms. The summed E-state index contributed by atoms with van der Waals surface area (Å²) in [5.74, 6) is 0.867. The Morgan fingerprint density at radius 3 is 2.42 bits per heavy atom. The summed E-state index contributed by atoms with van der Waals surface area (Å²) in [7, 11) is 1.67. The van der Waals surface area contributed by atoms with Crippen LogP contribution in [-0.2, 0) is 18.0 Å². The summed E-state index contributed by atoms with van der Waals surface area (Å²) in [6, 6.07) is 14.1. The van der Waals surface area contributed by atoms with Crippen molar-refractivity contribution in [1.82, 2.24) is 0 Å². The summed E-state index contributed by atoms with van der Waals surface area (Å²) in [4.78, 5) is 0. The molecular formula is C16H17BrO2. The molecule has 0 aromatic heterocycles. The van der Waals surface area contributed by atoms with Gasteiger partial charge < -0.3 is 9.47 Å². The smallest absolute Gasteiger partial charge is 0.118 e. The van der Waals surface area contributed by atoms with Gasteiger partial charge in [-0.3, -0.25) is 0 Å². The average Bonchev–Trinajstić information content (AvgIpc) is 2.44. The molecule has 0 radical (unpaired) electrons. The lowest BCUT2D eigenvalue weighted by atomic mass is 10.1. The van der Waals surface area contributed by atoms with Crippen LogP contribution >= 0.6 is 15.9 Å². The number of hydrogen-bond acceptors (Lipinski definition) is 2. The minimum atomic E-state index is 0.607. The molecule has 2 aromatic carbocycles. The lowest BCUT2D eigenvalue weighted by molar-refractivity contribution is 0.106. The van der Waals surface area contributed by atoms with Crippen molar-refractivity contribution in [2.24, 2.45) is 0 Å². The van der Waals surface area contributed by atoms with Crippen molar-refractivity contribution in [1.29, 1.82) is 0 Å². The van der Waals surface area contributed by atoms with E-state index in [2.05, 4.69) is 28.9 Å². The first-order chi connectivity index (χ1) is 9.20. The minimum Gasteiger partial charge on any atom is -0.497 e. The number of ether oxygens (including phenoxy) is 2. The first-order valence-electron chi connectivity index (χ1n) is 6.15. The SMILES string of the molecule is COc1ccc(COCc2cccc(Br)c2C)cc1. The molecule has 0 aliphatic carbocycles. The van der Waals surface area contributed by atoms with Gasteiger partial charge in [0.1, 0.15) is 5.75 Å². The van der Waals surface area contributed by atoms with Gasteiger partial charge in [-0.1, -0.05) is 40.2 Å². The first kappa shape index (κ1) is 14.1. The molecule has 0 spiro atoms. The van der Waals surface area contributed by atoms with E-state index in [1.807, 2.05) is 36.4 Å². The summed E-state index contributed by atoms with van der Waals surface area (Å²) in [5, 5.41) is 0. The summed E-state index contributed by atoms with van der Waals surface area (Å²) in [6.07, 6.45) is 0. The number of halogens is 1. The van der Waals surface area contributed by atoms with Crippen LogP contribution in [0.4, 0.5) is 0 Å². The lowest BCUT2D eigenvalue weighted by Gasteiger charge is -2.09. The first-order valence-corrected chi connectivity index (χ1v) is 6.94. The maximum absolute atomic E-state index is 5.75. The third-order valence-electron chi connectivity index (χ3n) is 3.07. The van der Waals surface area contributed by atoms with E-state index in [9.17, 15) is 0 Å². The van der Waals surface area contributed by atoms with E-state index in [1.54, 1.807) is 7.11 Å². The van der Waals surface area contributed by atoms with Gasteiger partial charge in [-0.15, -0.1) is 0 Å². The summed E-state index contributed by atoms with van der Waals surface area (Å²) < 4.78 is 12.0. The maximum Gasteiger partial charge on any atom is 0.118 e. The molecule has 0 saturated carbocycles. The standard InChI is InChI=1S/C16H17BrO2/c1-12-14(4-3-5-16(12)17)11-19-10-13-6-8-15(18-2)9-7-13/h3-9H,10-11H2,1-2H3. The highest BCUT2D eigenvalue weighted by atomic mass is 79.9. The van der Waals surface area contributed by atoms with Gasteiger partial charge in [0.2, 0.25) is 0 Å². The van der Waals surface area contributed by atoms with Crippen molar-refractivity contribution < 1.29 is 9.47 Å². The molecule has 0 atom stereocenters. The molecule has 0 bridgehead atoms. The van der Waals surface area contributed by atoms with Crippen LogP contribution in [0, 0.1) is 6.92 Å². The Labute approximate surface area is 122 Å². The van der Waals surface area contributed by atoms with Gasteiger partial charge in [0.15, 0.2) is 0 Å². The quantitative estimate of drug-likeness (QED) is 0.808. The van der Waals surface area contributed by atoms with E-state index in [0.717, 1.165) is 15.8 Å². The molecule has 0 aliphatic rings. The minimum absolute atomic E-state index is 0.607. The molecule has 2 aromatic rings. The molecule has 3 heteroatoms. The van der Waals surface area contributed by atoms with Crippen LogP contribution in [0.2, 0.25) is 0 Å². The Morgan fingerprint density at radius 2 is 1.74 bits per heavy atom. The second-order valence-corrected chi connectivity index (χ2v) is 5.22. The van der Waals surface area contributed by atoms with Crippen molar-refractivity contribution in [3.63, 3.8) is 0 Å². The van der Waals surface area contributed by atoms with Gasteiger partial charge in [-0.2, -0.15) is 0 Å². The molecule has 0 N–H and O–H groups in total. The fraction of sp³-hybridized carbons (Fsp3) is 0.250. The van der Waals surface area contributed by atoms with Gasteiger partial charge in [-0.25, -0.2) is 0 Å². The second-order valence-electron chi connectivity index (χ2n) is 4.36. The molecule has 0 saturated heterocycles. The Morgan fingerprint density at radius 1 is 1.00 bits per heavy atom. The second kappa shape index (κ2) is 6.73. The van der Waals surface area contributed by atoms with Crippen LogP contribution in [0.15, 0.2) is 46.9 Å². The average molecular weight is 321 g/mol. The van der Waals surface area contributed by atoms with Gasteiger partial charge in [0.25, 0.3) is 0 Å². The molecule has 2 nitrogen and oxygen atoms in total. The lowest BCUT2D eigenvalue weighted by Crippen LogP contribution is -1.97. The van der Waals surface area contributed by atoms with E-state index >= 15 is 0 Å². The third-order valence-corrected chi connectivity index (χ3v) is 3.92. The zero-order valence-electron chi connectivity index (χ0n) is 11.2. The summed E-state index contributed by atoms with van der Waals surface area (Å²) >= 11 is 3.53. The molecule has 2 rings (SSSR count). The Balaban J connectivity index is 1.90. The van der Waals surface area contributed by atoms with Crippen molar-refractivity contribution >= 4 is 15.9 Å². The molecule has 0 aliphatic heterocycles. The Kier molecular flexibility index (Phi) is 5.00. The Hall–Kier alpha value is -1.32. The fourth-order valence-electron chi connectivity index (χ4n) is 1.81. The normalized spacial score (nSPS) is 10.5. The zero-order chi connectivity index (χ0) is 13.7. The molecule has 0 heterocycles. The van der Waals surface area contributed by atoms with Crippen LogP contribution in [0.5, 0.6) is 5.75 Å². The van der Waals surface area contributed by atoms with Crippen LogP contribution < -0.4 is 4.74 Å². The topological polar surface area (TPSA) is 18.5 Å². The highest BCUT2D eigenvalue weighted by Gasteiger charge is 2.02. The van der Waals surface area contributed by atoms with E-state index in [0.29, 0.717) is 13.2 Å². The molecule has 0 fully saturated rings. The van der Waals surface area contributed by atoms with Crippen molar-refractivity contribution in [3.8, 4) is 5.75 Å². The van der Waals surface area contributed by atoms with Crippen molar-refractivity contribution in [2.45, 2.75) is 20.1 Å².